The molecule has 16 aromatic rings. The average Bonchev–Trinajstić information content (AvgIpc) is 1.70. The summed E-state index contributed by atoms with van der Waals surface area (Å²) in [6, 6.07) is 81.3. The first kappa shape index (κ1) is 114. The number of hydrogen-bond donors (Lipinski definition) is 4. The predicted octanol–water partition coefficient (Wildman–Crippen LogP) is 31.1. The first-order valence-corrected chi connectivity index (χ1v) is 45.2. The van der Waals surface area contributed by atoms with Crippen molar-refractivity contribution >= 4 is 111 Å². The van der Waals surface area contributed by atoms with Crippen molar-refractivity contribution in [2.45, 2.75) is 183 Å². The third-order valence-corrected chi connectivity index (χ3v) is 19.9. The molecule has 135 heavy (non-hydrogen) atoms. The van der Waals surface area contributed by atoms with Gasteiger partial charge in [-0.2, -0.15) is 0 Å². The summed E-state index contributed by atoms with van der Waals surface area (Å²) in [5.41, 5.74) is 17.9. The van der Waals surface area contributed by atoms with E-state index in [0.29, 0.717) is 104 Å². The molecule has 0 saturated carbocycles. The SMILES string of the molecule is CC(C)CC(=O)C=C(O)CC(C)C.CC(C)CC(=O)C=C(O)CC(C)C.CC(C)CC(=O)C=C(O)CC(C)C.CC(C)CC(=O)C=C(O)CC(C)C.Cc1cc[c-]c(-c2cc3c(cn2)oc2ccccc23)c1.Cc1cc[c-]c(-c2ccc3c(n2)oc2ccccc23)c1.Cc1cc[c-]c(-c2nccc3c2oc2ccccc23)c1.[Ir].[Ir].[Ir].[Ir].[c-]1ccccc1-c1cc2c(cn1)oc1ccccc12. The Hall–Kier alpha value is -11.0. The fourth-order valence-corrected chi connectivity index (χ4v) is 14.4. The summed E-state index contributed by atoms with van der Waals surface area (Å²) in [6.07, 6.45) is 15.3. The van der Waals surface area contributed by atoms with Crippen molar-refractivity contribution in [1.82, 2.24) is 19.9 Å². The number of hydrogen-bond acceptors (Lipinski definition) is 16. The molecule has 0 fully saturated rings. The minimum atomic E-state index is 0. The van der Waals surface area contributed by atoms with Gasteiger partial charge < -0.3 is 53.0 Å². The molecule has 0 aliphatic carbocycles. The van der Waals surface area contributed by atoms with Gasteiger partial charge in [0.2, 0.25) is 5.71 Å². The molecule has 0 aliphatic heterocycles. The summed E-state index contributed by atoms with van der Waals surface area (Å²) in [4.78, 5) is 62.9. The molecule has 0 spiro atoms. The molecule has 0 amide bonds. The van der Waals surface area contributed by atoms with E-state index in [1.54, 1.807) is 12.4 Å². The molecule has 8 heterocycles. The smallest absolute Gasteiger partial charge is 0.218 e. The summed E-state index contributed by atoms with van der Waals surface area (Å²) >= 11 is 0. The van der Waals surface area contributed by atoms with Gasteiger partial charge in [-0.05, 0) is 94.8 Å². The second-order valence-electron chi connectivity index (χ2n) is 36.4. The monoisotopic (exact) mass is 2530 g/mol. The molecule has 16 nitrogen and oxygen atoms in total. The maximum absolute atomic E-state index is 11.2. The molecule has 0 aliphatic rings. The molecule has 0 unspecified atom stereocenters. The van der Waals surface area contributed by atoms with Gasteiger partial charge in [-0.3, -0.25) is 24.2 Å². The number of ketones is 4. The molecular weight excluding hydrogens is 2400 g/mol. The van der Waals surface area contributed by atoms with Crippen molar-refractivity contribution in [1.29, 1.82) is 0 Å². The second kappa shape index (κ2) is 57.1. The van der Waals surface area contributed by atoms with Crippen LogP contribution in [0.15, 0.2) is 290 Å². The van der Waals surface area contributed by atoms with Crippen molar-refractivity contribution in [3.63, 3.8) is 0 Å². The molecule has 16 rings (SSSR count). The van der Waals surface area contributed by atoms with Gasteiger partial charge in [0, 0.05) is 211 Å². The molecule has 4 radical (unpaired) electrons. The molecule has 20 heteroatoms. The zero-order chi connectivity index (χ0) is 95.0. The topological polar surface area (TPSA) is 253 Å². The Kier molecular flexibility index (Phi) is 48.5. The van der Waals surface area contributed by atoms with Crippen molar-refractivity contribution in [3.05, 3.63) is 313 Å². The number of carbonyl (C=O) groups is 4. The number of nitrogens with zero attached hydrogens (tertiary/aromatic N) is 4. The fourth-order valence-electron chi connectivity index (χ4n) is 14.4. The number of fused-ring (bicyclic) bond motifs is 12. The van der Waals surface area contributed by atoms with Crippen molar-refractivity contribution in [2.75, 3.05) is 0 Å². The van der Waals surface area contributed by atoms with E-state index in [-0.39, 0.29) is 127 Å². The van der Waals surface area contributed by atoms with Crippen LogP contribution in [-0.4, -0.2) is 63.5 Å². The molecule has 0 atom stereocenters. The molecular formula is C115H126Ir4N4O12-4. The summed E-state index contributed by atoms with van der Waals surface area (Å²) in [5, 5.41) is 46.2. The van der Waals surface area contributed by atoms with Crippen LogP contribution in [0.1, 0.15) is 179 Å². The number of para-hydroxylation sites is 4. The zero-order valence-corrected chi connectivity index (χ0v) is 90.2. The quantitative estimate of drug-likeness (QED) is 0.0249. The van der Waals surface area contributed by atoms with Crippen LogP contribution in [0.25, 0.3) is 133 Å². The van der Waals surface area contributed by atoms with Crippen LogP contribution >= 0.6 is 0 Å². The van der Waals surface area contributed by atoms with Crippen LogP contribution in [0.5, 0.6) is 0 Å². The summed E-state index contributed by atoms with van der Waals surface area (Å²) in [5.74, 6) is 3.92. The van der Waals surface area contributed by atoms with Gasteiger partial charge in [0.05, 0.1) is 35.4 Å². The molecule has 4 N–H and O–H groups in total. The number of aryl methyl sites for hydroxylation is 3. The van der Waals surface area contributed by atoms with Gasteiger partial charge in [-0.25, -0.2) is 0 Å². The Bertz CT molecular complexity index is 6410. The van der Waals surface area contributed by atoms with E-state index >= 15 is 0 Å². The van der Waals surface area contributed by atoms with E-state index in [1.807, 2.05) is 263 Å². The van der Waals surface area contributed by atoms with Gasteiger partial charge >= 0.3 is 0 Å². The van der Waals surface area contributed by atoms with Gasteiger partial charge in [-0.15, -0.1) is 142 Å². The van der Waals surface area contributed by atoms with E-state index in [2.05, 4.69) is 126 Å². The van der Waals surface area contributed by atoms with Gasteiger partial charge in [-0.1, -0.05) is 229 Å². The third kappa shape index (κ3) is 37.2. The van der Waals surface area contributed by atoms with E-state index in [4.69, 9.17) is 17.7 Å². The van der Waals surface area contributed by atoms with Crippen molar-refractivity contribution in [3.8, 4) is 45.0 Å². The van der Waals surface area contributed by atoms with Crippen LogP contribution in [-0.2, 0) is 99.6 Å². The second-order valence-corrected chi connectivity index (χ2v) is 36.4. The van der Waals surface area contributed by atoms with Gasteiger partial charge in [0.25, 0.3) is 0 Å². The first-order valence-electron chi connectivity index (χ1n) is 45.2. The normalized spacial score (nSPS) is 11.4. The number of rotatable bonds is 24. The number of pyridine rings is 4. The van der Waals surface area contributed by atoms with Crippen LogP contribution < -0.4 is 0 Å². The van der Waals surface area contributed by atoms with Gasteiger partial charge in [0.1, 0.15) is 27.9 Å². The fraction of sp³-hybridized carbons (Fsp3) is 0.304. The van der Waals surface area contributed by atoms with Gasteiger partial charge in [0.15, 0.2) is 34.3 Å². The Morgan fingerprint density at radius 1 is 0.296 bits per heavy atom. The number of benzene rings is 8. The molecule has 0 saturated heterocycles. The predicted molar refractivity (Wildman–Crippen MR) is 536 cm³/mol. The Balaban J connectivity index is 0.000000274. The largest absolute Gasteiger partial charge is 0.512 e. The number of aliphatic hydroxyl groups excluding tert-OH is 4. The standard InChI is InChI=1S/3C18H12NO.C17H10NO.4C11H20O2.4Ir/c1-12-5-4-6-13(9-12)16-10-15-14-7-2-3-8-17(14)20-18(15)11-19-16;1-12-5-4-6-13(11-12)16-10-9-15-14-7-2-3-8-17(14)20-18(15)19-16;1-12-5-4-6-13(11-12)17-18-15(9-10-19-17)14-7-2-3-8-16(14)20-18;1-2-6-12(7-3-1)15-10-14-13-8-4-5-9-16(13)19-17(14)11-18-15;4*1-8(2)5-10(12)7-11(13)6-9(3)4;;;;/h3*2-5,7-11H,1H3;1-6,8-11H;4*7-9,12H,5-6H2,1-4H3;;;;/q4*-1;;;;;;;;. The van der Waals surface area contributed by atoms with Crippen LogP contribution in [0.4, 0.5) is 0 Å². The third-order valence-electron chi connectivity index (χ3n) is 19.9. The maximum Gasteiger partial charge on any atom is 0.218 e. The number of carbonyl (C=O) groups excluding carboxylic acids is 4. The minimum absolute atomic E-state index is 0. The number of furan rings is 4. The van der Waals surface area contributed by atoms with E-state index in [0.717, 1.165) is 127 Å². The number of aliphatic hydroxyl groups is 4. The van der Waals surface area contributed by atoms with E-state index in [9.17, 15) is 39.6 Å². The van der Waals surface area contributed by atoms with Crippen LogP contribution in [0, 0.1) is 92.4 Å². The minimum Gasteiger partial charge on any atom is -0.512 e. The first-order chi connectivity index (χ1) is 62.5. The summed E-state index contributed by atoms with van der Waals surface area (Å²) in [6.45, 7) is 38.2. The van der Waals surface area contributed by atoms with Crippen molar-refractivity contribution in [2.24, 2.45) is 47.3 Å². The van der Waals surface area contributed by atoms with E-state index in [1.165, 1.54) is 41.0 Å². The molecule has 718 valence electrons. The Morgan fingerprint density at radius 2 is 0.615 bits per heavy atom. The van der Waals surface area contributed by atoms with E-state index < -0.39 is 0 Å². The zero-order valence-electron chi connectivity index (χ0n) is 80.6. The average molecular weight is 2530 g/mol. The molecule has 8 aromatic carbocycles. The summed E-state index contributed by atoms with van der Waals surface area (Å²) < 4.78 is 23.4. The number of allylic oxidation sites excluding steroid dienone is 8. The van der Waals surface area contributed by atoms with Crippen LogP contribution in [0.3, 0.4) is 0 Å². The summed E-state index contributed by atoms with van der Waals surface area (Å²) in [7, 11) is 0. The Labute approximate surface area is 850 Å². The van der Waals surface area contributed by atoms with Crippen LogP contribution in [0.2, 0.25) is 0 Å². The molecule has 0 bridgehead atoms. The maximum atomic E-state index is 11.2. The number of aromatic nitrogens is 4. The Morgan fingerprint density at radius 3 is 0.985 bits per heavy atom. The molecule has 8 aromatic heterocycles. The van der Waals surface area contributed by atoms with Crippen molar-refractivity contribution < 1.29 is 138 Å².